The lowest BCUT2D eigenvalue weighted by Gasteiger charge is -2.18. The number of nitrogens with one attached hydrogen (secondary N) is 3. The van der Waals surface area contributed by atoms with Gasteiger partial charge in [0.15, 0.2) is 0 Å². The summed E-state index contributed by atoms with van der Waals surface area (Å²) in [6.45, 7) is 7.91. The van der Waals surface area contributed by atoms with E-state index in [1.807, 2.05) is 20.0 Å². The maximum Gasteiger partial charge on any atom is 0.242 e. The van der Waals surface area contributed by atoms with E-state index in [0.29, 0.717) is 32.5 Å². The number of carbonyl (C=O) groups excluding carboxylic acids is 3. The van der Waals surface area contributed by atoms with Crippen molar-refractivity contribution in [1.29, 1.82) is 0 Å². The smallest absolute Gasteiger partial charge is 0.242 e. The lowest BCUT2D eigenvalue weighted by atomic mass is 10.1. The highest BCUT2D eigenvalue weighted by Gasteiger charge is 2.21. The summed E-state index contributed by atoms with van der Waals surface area (Å²) in [4.78, 5) is 36.6. The first kappa shape index (κ1) is 25.0. The predicted octanol–water partition coefficient (Wildman–Crippen LogP) is -0.398. The molecule has 3 amide bonds. The highest BCUT2D eigenvalue weighted by molar-refractivity contribution is 5.88. The number of nitrogens with zero attached hydrogens (tertiary/aromatic N) is 6. The minimum absolute atomic E-state index is 0.123. The van der Waals surface area contributed by atoms with Crippen molar-refractivity contribution < 1.29 is 14.4 Å². The second-order valence-electron chi connectivity index (χ2n) is 7.26. The van der Waals surface area contributed by atoms with Gasteiger partial charge >= 0.3 is 0 Å². The average molecular weight is 448 g/mol. The Morgan fingerprint density at radius 2 is 1.78 bits per heavy atom. The molecule has 0 aliphatic rings. The first-order chi connectivity index (χ1) is 15.5. The molecule has 0 spiro atoms. The van der Waals surface area contributed by atoms with Crippen LogP contribution in [0.15, 0.2) is 12.4 Å². The highest BCUT2D eigenvalue weighted by Crippen LogP contribution is 2.01. The first-order valence-electron chi connectivity index (χ1n) is 11.1. The van der Waals surface area contributed by atoms with Crippen molar-refractivity contribution in [3.63, 3.8) is 0 Å². The fourth-order valence-corrected chi connectivity index (χ4v) is 3.04. The van der Waals surface area contributed by atoms with E-state index in [2.05, 4.69) is 36.6 Å². The number of amides is 3. The van der Waals surface area contributed by atoms with Crippen LogP contribution in [0, 0.1) is 0 Å². The van der Waals surface area contributed by atoms with Gasteiger partial charge in [-0.15, -0.1) is 10.2 Å². The number of rotatable bonds is 14. The van der Waals surface area contributed by atoms with Crippen LogP contribution in [0.1, 0.15) is 51.4 Å². The van der Waals surface area contributed by atoms with Gasteiger partial charge in [0, 0.05) is 58.1 Å². The van der Waals surface area contributed by atoms with Gasteiger partial charge in [0.05, 0.1) is 17.6 Å². The molecule has 2 aromatic heterocycles. The quantitative estimate of drug-likeness (QED) is 0.357. The molecule has 0 bridgehead atoms. The molecule has 0 aliphatic carbocycles. The second-order valence-corrected chi connectivity index (χ2v) is 7.26. The molecule has 2 aromatic rings. The number of hydrogen-bond donors (Lipinski definition) is 3. The van der Waals surface area contributed by atoms with Crippen LogP contribution in [-0.4, -0.2) is 66.8 Å². The van der Waals surface area contributed by atoms with E-state index >= 15 is 0 Å². The van der Waals surface area contributed by atoms with E-state index in [0.717, 1.165) is 17.9 Å². The summed E-state index contributed by atoms with van der Waals surface area (Å²) in [6, 6.07) is -0.773. The first-order valence-corrected chi connectivity index (χ1v) is 11.1. The van der Waals surface area contributed by atoms with Gasteiger partial charge in [-0.1, -0.05) is 17.4 Å². The standard InChI is InChI=1S/C20H33N9O3/c1-4-18(30)24-17(20(32)22-11-9-15-14-28(5-2)27-25-15)7-8-19(31)21-12-10-16-13-23-26-29(16)6-3/h13-14,17H,4-12H2,1-3H3,(H,21,31)(H,22,32)(H,24,30)/t17-/m0/s1. The summed E-state index contributed by atoms with van der Waals surface area (Å²) in [7, 11) is 0. The second kappa shape index (κ2) is 13.2. The molecule has 2 heterocycles. The molecule has 0 aliphatic heterocycles. The van der Waals surface area contributed by atoms with E-state index < -0.39 is 6.04 Å². The summed E-state index contributed by atoms with van der Waals surface area (Å²) < 4.78 is 3.49. The number of aromatic nitrogens is 6. The van der Waals surface area contributed by atoms with E-state index in [-0.39, 0.29) is 37.0 Å². The molecule has 12 heteroatoms. The van der Waals surface area contributed by atoms with Gasteiger partial charge < -0.3 is 16.0 Å². The van der Waals surface area contributed by atoms with Gasteiger partial charge in [-0.05, 0) is 20.3 Å². The van der Waals surface area contributed by atoms with Crippen LogP contribution in [0.4, 0.5) is 0 Å². The fourth-order valence-electron chi connectivity index (χ4n) is 3.04. The molecule has 0 saturated carbocycles. The molecule has 1 atom stereocenters. The van der Waals surface area contributed by atoms with Crippen molar-refractivity contribution in [3.8, 4) is 0 Å². The lowest BCUT2D eigenvalue weighted by Crippen LogP contribution is -2.47. The summed E-state index contributed by atoms with van der Waals surface area (Å²) in [5.41, 5.74) is 1.72. The molecule has 0 radical (unpaired) electrons. The van der Waals surface area contributed by atoms with Crippen molar-refractivity contribution in [1.82, 2.24) is 45.9 Å². The predicted molar refractivity (Wildman–Crippen MR) is 116 cm³/mol. The summed E-state index contributed by atoms with van der Waals surface area (Å²) >= 11 is 0. The molecule has 2 rings (SSSR count). The Bertz CT molecular complexity index is 877. The third-order valence-electron chi connectivity index (χ3n) is 4.92. The molecule has 0 unspecified atom stereocenters. The SMILES string of the molecule is CCC(=O)N[C@@H](CCC(=O)NCCc1cnnn1CC)C(=O)NCCc1cn(CC)nn1. The van der Waals surface area contributed by atoms with Crippen LogP contribution in [0.3, 0.4) is 0 Å². The van der Waals surface area contributed by atoms with Crippen LogP contribution in [0.2, 0.25) is 0 Å². The molecule has 176 valence electrons. The molecule has 0 fully saturated rings. The Kier molecular flexibility index (Phi) is 10.3. The van der Waals surface area contributed by atoms with Crippen LogP contribution in [-0.2, 0) is 40.3 Å². The van der Waals surface area contributed by atoms with Crippen LogP contribution < -0.4 is 16.0 Å². The molecule has 0 saturated heterocycles. The highest BCUT2D eigenvalue weighted by atomic mass is 16.2. The van der Waals surface area contributed by atoms with Crippen molar-refractivity contribution >= 4 is 17.7 Å². The summed E-state index contributed by atoms with van der Waals surface area (Å²) in [6.07, 6.45) is 5.25. The van der Waals surface area contributed by atoms with E-state index in [1.165, 1.54) is 0 Å². The van der Waals surface area contributed by atoms with Crippen molar-refractivity contribution in [3.05, 3.63) is 23.8 Å². The van der Waals surface area contributed by atoms with Crippen LogP contribution in [0.5, 0.6) is 0 Å². The van der Waals surface area contributed by atoms with Gasteiger partial charge in [-0.3, -0.25) is 19.1 Å². The maximum absolute atomic E-state index is 12.6. The monoisotopic (exact) mass is 447 g/mol. The normalized spacial score (nSPS) is 11.7. The molecule has 32 heavy (non-hydrogen) atoms. The van der Waals surface area contributed by atoms with Crippen molar-refractivity contribution in [2.75, 3.05) is 13.1 Å². The Hall–Kier alpha value is -3.31. The zero-order valence-corrected chi connectivity index (χ0v) is 19.0. The third kappa shape index (κ3) is 8.08. The van der Waals surface area contributed by atoms with Crippen molar-refractivity contribution in [2.24, 2.45) is 0 Å². The Morgan fingerprint density at radius 3 is 2.47 bits per heavy atom. The molecular formula is C20H33N9O3. The van der Waals surface area contributed by atoms with E-state index in [4.69, 9.17) is 0 Å². The largest absolute Gasteiger partial charge is 0.356 e. The number of carbonyl (C=O) groups is 3. The Balaban J connectivity index is 1.77. The van der Waals surface area contributed by atoms with Crippen LogP contribution in [0.25, 0.3) is 0 Å². The molecule has 12 nitrogen and oxygen atoms in total. The minimum atomic E-state index is -0.773. The topological polar surface area (TPSA) is 149 Å². The fraction of sp³-hybridized carbons (Fsp3) is 0.650. The summed E-state index contributed by atoms with van der Waals surface area (Å²) in [5, 5.41) is 24.2. The number of aryl methyl sites for hydroxylation is 2. The number of hydrogen-bond acceptors (Lipinski definition) is 7. The van der Waals surface area contributed by atoms with Gasteiger partial charge in [0.2, 0.25) is 17.7 Å². The molecular weight excluding hydrogens is 414 g/mol. The minimum Gasteiger partial charge on any atom is -0.356 e. The Labute approximate surface area is 187 Å². The molecule has 0 aromatic carbocycles. The van der Waals surface area contributed by atoms with Crippen molar-refractivity contribution in [2.45, 2.75) is 72.0 Å². The van der Waals surface area contributed by atoms with Crippen LogP contribution >= 0.6 is 0 Å². The van der Waals surface area contributed by atoms with E-state index in [1.54, 1.807) is 22.5 Å². The zero-order chi connectivity index (χ0) is 23.3. The molecule has 3 N–H and O–H groups in total. The maximum atomic E-state index is 12.6. The third-order valence-corrected chi connectivity index (χ3v) is 4.92. The van der Waals surface area contributed by atoms with Gasteiger partial charge in [0.1, 0.15) is 6.04 Å². The van der Waals surface area contributed by atoms with Gasteiger partial charge in [0.25, 0.3) is 0 Å². The van der Waals surface area contributed by atoms with Gasteiger partial charge in [-0.25, -0.2) is 4.68 Å². The average Bonchev–Trinajstić information content (AvgIpc) is 3.45. The lowest BCUT2D eigenvalue weighted by molar-refractivity contribution is -0.129. The zero-order valence-electron chi connectivity index (χ0n) is 19.0. The van der Waals surface area contributed by atoms with E-state index in [9.17, 15) is 14.4 Å². The summed E-state index contributed by atoms with van der Waals surface area (Å²) in [5.74, 6) is -0.738. The van der Waals surface area contributed by atoms with Gasteiger partial charge in [-0.2, -0.15) is 0 Å². The Morgan fingerprint density at radius 1 is 1.00 bits per heavy atom.